The number of amidine groups is 1. The standard InChI is InChI=1S/C17H10BrN3O2S/c18-11-7-5-10(6-8-11)9-14-15(22)20-17(24-14)21-16-19-12-3-1-2-4-13(12)23-16/h1-9H,(H,19,20,21,22)/b14-9-. The van der Waals surface area contributed by atoms with Crippen molar-refractivity contribution in [3.63, 3.8) is 0 Å². The van der Waals surface area contributed by atoms with Gasteiger partial charge in [0.2, 0.25) is 0 Å². The second-order valence-corrected chi connectivity index (χ2v) is 6.94. The zero-order valence-corrected chi connectivity index (χ0v) is 14.6. The quantitative estimate of drug-likeness (QED) is 0.644. The van der Waals surface area contributed by atoms with Crippen molar-refractivity contribution in [1.29, 1.82) is 0 Å². The maximum atomic E-state index is 12.1. The summed E-state index contributed by atoms with van der Waals surface area (Å²) < 4.78 is 6.54. The first kappa shape index (κ1) is 15.2. The van der Waals surface area contributed by atoms with E-state index in [-0.39, 0.29) is 11.9 Å². The van der Waals surface area contributed by atoms with Gasteiger partial charge < -0.3 is 9.73 Å². The van der Waals surface area contributed by atoms with E-state index in [1.165, 1.54) is 11.8 Å². The molecule has 2 aromatic carbocycles. The zero-order valence-electron chi connectivity index (χ0n) is 12.2. The van der Waals surface area contributed by atoms with Gasteiger partial charge in [-0.15, -0.1) is 0 Å². The Morgan fingerprint density at radius 3 is 2.75 bits per heavy atom. The summed E-state index contributed by atoms with van der Waals surface area (Å²) in [5, 5.41) is 3.18. The van der Waals surface area contributed by atoms with E-state index in [1.807, 2.05) is 54.6 Å². The van der Waals surface area contributed by atoms with Crippen LogP contribution in [0.15, 0.2) is 67.3 Å². The third-order valence-corrected chi connectivity index (χ3v) is 4.74. The van der Waals surface area contributed by atoms with Gasteiger partial charge in [-0.2, -0.15) is 9.98 Å². The van der Waals surface area contributed by atoms with Crippen molar-refractivity contribution in [2.45, 2.75) is 0 Å². The third-order valence-electron chi connectivity index (χ3n) is 3.30. The van der Waals surface area contributed by atoms with Crippen molar-refractivity contribution in [3.05, 3.63) is 63.5 Å². The van der Waals surface area contributed by atoms with E-state index in [4.69, 9.17) is 4.42 Å². The van der Waals surface area contributed by atoms with Crippen LogP contribution in [0.25, 0.3) is 17.2 Å². The average Bonchev–Trinajstić information content (AvgIpc) is 3.12. The summed E-state index contributed by atoms with van der Waals surface area (Å²) in [5.74, 6) is -0.183. The van der Waals surface area contributed by atoms with Crippen LogP contribution in [0.3, 0.4) is 0 Å². The Labute approximate surface area is 150 Å². The highest BCUT2D eigenvalue weighted by Crippen LogP contribution is 2.29. The van der Waals surface area contributed by atoms with Crippen LogP contribution in [0.2, 0.25) is 0 Å². The van der Waals surface area contributed by atoms with Crippen LogP contribution in [-0.4, -0.2) is 16.1 Å². The fourth-order valence-corrected chi connectivity index (χ4v) is 3.26. The lowest BCUT2D eigenvalue weighted by atomic mass is 10.2. The molecular formula is C17H10BrN3O2S. The summed E-state index contributed by atoms with van der Waals surface area (Å²) in [6, 6.07) is 15.4. The highest BCUT2D eigenvalue weighted by molar-refractivity contribution is 9.10. The maximum Gasteiger partial charge on any atom is 0.325 e. The molecule has 1 aliphatic heterocycles. The molecule has 0 saturated carbocycles. The Bertz CT molecular complexity index is 959. The number of nitrogens with zero attached hydrogens (tertiary/aromatic N) is 2. The number of para-hydroxylation sites is 2. The van der Waals surface area contributed by atoms with Crippen molar-refractivity contribution in [2.75, 3.05) is 0 Å². The fourth-order valence-electron chi connectivity index (χ4n) is 2.19. The van der Waals surface area contributed by atoms with Crippen molar-refractivity contribution >= 4 is 62.0 Å². The molecule has 1 aromatic heterocycles. The lowest BCUT2D eigenvalue weighted by molar-refractivity contribution is -0.115. The Morgan fingerprint density at radius 1 is 1.17 bits per heavy atom. The summed E-state index contributed by atoms with van der Waals surface area (Å²) in [4.78, 5) is 21.2. The van der Waals surface area contributed by atoms with E-state index in [9.17, 15) is 4.79 Å². The minimum Gasteiger partial charge on any atom is -0.422 e. The number of fused-ring (bicyclic) bond motifs is 1. The molecular weight excluding hydrogens is 390 g/mol. The Balaban J connectivity index is 1.60. The van der Waals surface area contributed by atoms with Gasteiger partial charge in [-0.25, -0.2) is 0 Å². The number of rotatable bonds is 2. The highest BCUT2D eigenvalue weighted by atomic mass is 79.9. The first-order valence-corrected chi connectivity index (χ1v) is 8.69. The predicted octanol–water partition coefficient (Wildman–Crippen LogP) is 4.48. The Kier molecular flexibility index (Phi) is 3.95. The van der Waals surface area contributed by atoms with Gasteiger partial charge in [0.25, 0.3) is 5.91 Å². The molecule has 0 unspecified atom stereocenters. The molecule has 1 saturated heterocycles. The number of nitrogens with one attached hydrogen (secondary N) is 1. The molecule has 0 atom stereocenters. The molecule has 24 heavy (non-hydrogen) atoms. The molecule has 0 aliphatic carbocycles. The minimum absolute atomic E-state index is 0.183. The topological polar surface area (TPSA) is 67.5 Å². The van der Waals surface area contributed by atoms with Gasteiger partial charge in [-0.1, -0.05) is 40.2 Å². The Hall–Kier alpha value is -2.38. The number of aliphatic imine (C=N–C) groups is 1. The maximum absolute atomic E-state index is 12.1. The smallest absolute Gasteiger partial charge is 0.325 e. The van der Waals surface area contributed by atoms with E-state index in [0.29, 0.717) is 15.7 Å². The summed E-state index contributed by atoms with van der Waals surface area (Å²) in [5.41, 5.74) is 2.34. The van der Waals surface area contributed by atoms with E-state index >= 15 is 0 Å². The SMILES string of the molecule is O=C1N/C(=N\c2nc3ccccc3o2)S/C1=C\c1ccc(Br)cc1. The molecule has 2 heterocycles. The van der Waals surface area contributed by atoms with Gasteiger partial charge in [0, 0.05) is 4.47 Å². The number of carbonyl (C=O) groups excluding carboxylic acids is 1. The molecule has 1 amide bonds. The minimum atomic E-state index is -0.183. The lowest BCUT2D eigenvalue weighted by Crippen LogP contribution is -2.19. The summed E-state index contributed by atoms with van der Waals surface area (Å²) in [6.07, 6.45) is 1.82. The number of thioether (sulfide) groups is 1. The summed E-state index contributed by atoms with van der Waals surface area (Å²) in [7, 11) is 0. The molecule has 0 bridgehead atoms. The largest absolute Gasteiger partial charge is 0.422 e. The van der Waals surface area contributed by atoms with Gasteiger partial charge in [0.15, 0.2) is 10.8 Å². The summed E-state index contributed by atoms with van der Waals surface area (Å²) >= 11 is 4.65. The third kappa shape index (κ3) is 3.13. The van der Waals surface area contributed by atoms with E-state index in [2.05, 4.69) is 31.2 Å². The van der Waals surface area contributed by atoms with Crippen molar-refractivity contribution in [1.82, 2.24) is 10.3 Å². The molecule has 0 spiro atoms. The van der Waals surface area contributed by atoms with Crippen LogP contribution in [-0.2, 0) is 4.79 Å². The number of amides is 1. The molecule has 1 aliphatic rings. The van der Waals surface area contributed by atoms with Crippen LogP contribution in [0.5, 0.6) is 0 Å². The van der Waals surface area contributed by atoms with Crippen LogP contribution in [0, 0.1) is 0 Å². The lowest BCUT2D eigenvalue weighted by Gasteiger charge is -1.95. The number of halogens is 1. The average molecular weight is 400 g/mol. The van der Waals surface area contributed by atoms with Crippen molar-refractivity contribution in [3.8, 4) is 0 Å². The molecule has 4 rings (SSSR count). The second kappa shape index (κ2) is 6.26. The van der Waals surface area contributed by atoms with E-state index in [0.717, 1.165) is 15.6 Å². The summed E-state index contributed by atoms with van der Waals surface area (Å²) in [6.45, 7) is 0. The van der Waals surface area contributed by atoms with Crippen molar-refractivity contribution in [2.24, 2.45) is 4.99 Å². The number of carbonyl (C=O) groups is 1. The van der Waals surface area contributed by atoms with Gasteiger partial charge >= 0.3 is 6.01 Å². The number of hydrogen-bond acceptors (Lipinski definition) is 5. The molecule has 3 aromatic rings. The molecule has 1 N–H and O–H groups in total. The first-order valence-electron chi connectivity index (χ1n) is 7.08. The molecule has 118 valence electrons. The van der Waals surface area contributed by atoms with Crippen LogP contribution in [0.1, 0.15) is 5.56 Å². The van der Waals surface area contributed by atoms with E-state index in [1.54, 1.807) is 0 Å². The second-order valence-electron chi connectivity index (χ2n) is 5.00. The predicted molar refractivity (Wildman–Crippen MR) is 99.0 cm³/mol. The van der Waals surface area contributed by atoms with Gasteiger partial charge in [0.1, 0.15) is 5.52 Å². The highest BCUT2D eigenvalue weighted by Gasteiger charge is 2.24. The van der Waals surface area contributed by atoms with Crippen LogP contribution < -0.4 is 5.32 Å². The monoisotopic (exact) mass is 399 g/mol. The molecule has 0 radical (unpaired) electrons. The van der Waals surface area contributed by atoms with Crippen LogP contribution >= 0.6 is 27.7 Å². The Morgan fingerprint density at radius 2 is 1.96 bits per heavy atom. The van der Waals surface area contributed by atoms with E-state index < -0.39 is 0 Å². The van der Waals surface area contributed by atoms with Gasteiger partial charge in [-0.05, 0) is 47.7 Å². The van der Waals surface area contributed by atoms with Crippen LogP contribution in [0.4, 0.5) is 6.01 Å². The normalized spacial score (nSPS) is 17.8. The zero-order chi connectivity index (χ0) is 16.5. The molecule has 5 nitrogen and oxygen atoms in total. The fraction of sp³-hybridized carbons (Fsp3) is 0. The van der Waals surface area contributed by atoms with Gasteiger partial charge in [-0.3, -0.25) is 4.79 Å². The molecule has 1 fully saturated rings. The number of benzene rings is 2. The first-order chi connectivity index (χ1) is 11.7. The van der Waals surface area contributed by atoms with Crippen molar-refractivity contribution < 1.29 is 9.21 Å². The number of aromatic nitrogens is 1. The molecule has 7 heteroatoms. The van der Waals surface area contributed by atoms with Gasteiger partial charge in [0.05, 0.1) is 4.91 Å². The number of hydrogen-bond donors (Lipinski definition) is 1. The number of oxazole rings is 1.